The molecule has 1 N–H and O–H groups in total. The van der Waals surface area contributed by atoms with Crippen LogP contribution >= 0.6 is 0 Å². The van der Waals surface area contributed by atoms with Crippen molar-refractivity contribution < 1.29 is 8.78 Å². The second-order valence-electron chi connectivity index (χ2n) is 4.46. The third-order valence-electron chi connectivity index (χ3n) is 2.92. The minimum absolute atomic E-state index is 0.111. The zero-order valence-corrected chi connectivity index (χ0v) is 10.7. The summed E-state index contributed by atoms with van der Waals surface area (Å²) >= 11 is 0. The van der Waals surface area contributed by atoms with Crippen LogP contribution in [0.25, 0.3) is 0 Å². The highest BCUT2D eigenvalue weighted by molar-refractivity contribution is 5.18. The van der Waals surface area contributed by atoms with Gasteiger partial charge >= 0.3 is 0 Å². The summed E-state index contributed by atoms with van der Waals surface area (Å²) in [6.07, 6.45) is 2.32. The van der Waals surface area contributed by atoms with E-state index in [0.717, 1.165) is 11.8 Å². The van der Waals surface area contributed by atoms with Crippen LogP contribution in [0.2, 0.25) is 0 Å². The highest BCUT2D eigenvalue weighted by Crippen LogP contribution is 2.10. The predicted molar refractivity (Wildman–Crippen MR) is 70.7 cm³/mol. The lowest BCUT2D eigenvalue weighted by molar-refractivity contribution is 0.556. The molecule has 0 aliphatic carbocycles. The Kier molecular flexibility index (Phi) is 4.58. The van der Waals surface area contributed by atoms with Gasteiger partial charge in [0.05, 0.1) is 5.69 Å². The molecular formula is C15H16F2N2. The zero-order valence-electron chi connectivity index (χ0n) is 10.7. The molecule has 0 spiro atoms. The maximum atomic E-state index is 13.0. The first-order valence-corrected chi connectivity index (χ1v) is 6.24. The second kappa shape index (κ2) is 6.38. The van der Waals surface area contributed by atoms with Gasteiger partial charge < -0.3 is 5.32 Å². The second-order valence-corrected chi connectivity index (χ2v) is 4.46. The van der Waals surface area contributed by atoms with Crippen LogP contribution < -0.4 is 5.32 Å². The first-order chi connectivity index (χ1) is 9.15. The number of halogens is 2. The summed E-state index contributed by atoms with van der Waals surface area (Å²) in [5.41, 5.74) is 1.60. The van der Waals surface area contributed by atoms with Crippen molar-refractivity contribution in [2.75, 3.05) is 6.54 Å². The molecule has 0 radical (unpaired) electrons. The maximum absolute atomic E-state index is 13.0. The Morgan fingerprint density at radius 1 is 1.16 bits per heavy atom. The van der Waals surface area contributed by atoms with E-state index in [1.165, 1.54) is 12.1 Å². The normalized spacial score (nSPS) is 12.4. The van der Waals surface area contributed by atoms with Gasteiger partial charge in [0.1, 0.15) is 11.6 Å². The van der Waals surface area contributed by atoms with E-state index in [9.17, 15) is 8.78 Å². The van der Waals surface area contributed by atoms with Crippen LogP contribution in [0, 0.1) is 11.6 Å². The van der Waals surface area contributed by atoms with Gasteiger partial charge in [0.25, 0.3) is 0 Å². The molecule has 2 rings (SSSR count). The quantitative estimate of drug-likeness (QED) is 0.894. The summed E-state index contributed by atoms with van der Waals surface area (Å²) in [5.74, 6) is -1.07. The molecule has 0 bridgehead atoms. The van der Waals surface area contributed by atoms with E-state index in [-0.39, 0.29) is 6.04 Å². The van der Waals surface area contributed by atoms with Crippen molar-refractivity contribution in [1.82, 2.24) is 10.3 Å². The molecule has 1 heterocycles. The fraction of sp³-hybridized carbons (Fsp3) is 0.267. The molecule has 4 heteroatoms. The summed E-state index contributed by atoms with van der Waals surface area (Å²) in [7, 11) is 0. The van der Waals surface area contributed by atoms with E-state index in [2.05, 4.69) is 10.3 Å². The van der Waals surface area contributed by atoms with Gasteiger partial charge in [0.2, 0.25) is 0 Å². The summed E-state index contributed by atoms with van der Waals surface area (Å²) in [6, 6.07) is 9.45. The molecule has 100 valence electrons. The Bertz CT molecular complexity index is 509. The van der Waals surface area contributed by atoms with E-state index in [4.69, 9.17) is 0 Å². The van der Waals surface area contributed by atoms with Crippen molar-refractivity contribution in [3.8, 4) is 0 Å². The molecular weight excluding hydrogens is 246 g/mol. The van der Waals surface area contributed by atoms with Gasteiger partial charge in [-0.2, -0.15) is 0 Å². The number of nitrogens with one attached hydrogen (secondary N) is 1. The average molecular weight is 262 g/mol. The fourth-order valence-electron chi connectivity index (χ4n) is 1.92. The molecule has 0 aliphatic rings. The number of hydrogen-bond acceptors (Lipinski definition) is 2. The molecule has 0 fully saturated rings. The van der Waals surface area contributed by atoms with Crippen LogP contribution in [0.1, 0.15) is 24.2 Å². The van der Waals surface area contributed by atoms with Crippen LogP contribution in [-0.4, -0.2) is 11.5 Å². The van der Waals surface area contributed by atoms with E-state index in [0.29, 0.717) is 18.5 Å². The van der Waals surface area contributed by atoms with Gasteiger partial charge in [-0.3, -0.25) is 4.98 Å². The van der Waals surface area contributed by atoms with Crippen LogP contribution in [0.3, 0.4) is 0 Å². The van der Waals surface area contributed by atoms with E-state index in [1.807, 2.05) is 25.1 Å². The van der Waals surface area contributed by atoms with Crippen molar-refractivity contribution in [3.05, 3.63) is 65.5 Å². The summed E-state index contributed by atoms with van der Waals surface area (Å²) < 4.78 is 26.0. The molecule has 1 aromatic heterocycles. The molecule has 0 saturated carbocycles. The first-order valence-electron chi connectivity index (χ1n) is 6.24. The van der Waals surface area contributed by atoms with E-state index < -0.39 is 11.6 Å². The van der Waals surface area contributed by atoms with Crippen LogP contribution in [0.5, 0.6) is 0 Å². The number of benzene rings is 1. The number of nitrogens with zero attached hydrogens (tertiary/aromatic N) is 1. The maximum Gasteiger partial charge on any atom is 0.126 e. The van der Waals surface area contributed by atoms with Gasteiger partial charge in [0.15, 0.2) is 0 Å². The van der Waals surface area contributed by atoms with E-state index >= 15 is 0 Å². The standard InChI is InChI=1S/C15H16F2N2/c1-11(15-4-2-3-6-19-15)18-7-5-12-8-13(16)10-14(17)9-12/h2-4,6,8-11,18H,5,7H2,1H3. The lowest BCUT2D eigenvalue weighted by Gasteiger charge is -2.13. The molecule has 0 saturated heterocycles. The van der Waals surface area contributed by atoms with Crippen molar-refractivity contribution in [1.29, 1.82) is 0 Å². The van der Waals surface area contributed by atoms with Gasteiger partial charge in [-0.1, -0.05) is 6.07 Å². The van der Waals surface area contributed by atoms with Crippen molar-refractivity contribution in [2.45, 2.75) is 19.4 Å². The van der Waals surface area contributed by atoms with Gasteiger partial charge in [-0.05, 0) is 49.7 Å². The van der Waals surface area contributed by atoms with Crippen LogP contribution in [0.4, 0.5) is 8.78 Å². The minimum atomic E-state index is -0.534. The average Bonchev–Trinajstić information content (AvgIpc) is 2.38. The Balaban J connectivity index is 1.86. The predicted octanol–water partition coefficient (Wildman–Crippen LogP) is 3.25. The molecule has 1 aromatic carbocycles. The van der Waals surface area contributed by atoms with Crippen LogP contribution in [0.15, 0.2) is 42.6 Å². The number of rotatable bonds is 5. The van der Waals surface area contributed by atoms with Gasteiger partial charge in [0, 0.05) is 18.3 Å². The largest absolute Gasteiger partial charge is 0.309 e. The molecule has 0 amide bonds. The zero-order chi connectivity index (χ0) is 13.7. The third-order valence-corrected chi connectivity index (χ3v) is 2.92. The number of aromatic nitrogens is 1. The summed E-state index contributed by atoms with van der Waals surface area (Å²) in [5, 5.41) is 3.28. The van der Waals surface area contributed by atoms with Crippen molar-refractivity contribution in [2.24, 2.45) is 0 Å². The molecule has 1 unspecified atom stereocenters. The lowest BCUT2D eigenvalue weighted by atomic mass is 10.1. The molecule has 0 aliphatic heterocycles. The molecule has 2 nitrogen and oxygen atoms in total. The summed E-state index contributed by atoms with van der Waals surface area (Å²) in [4.78, 5) is 4.25. The Morgan fingerprint density at radius 3 is 2.53 bits per heavy atom. The number of pyridine rings is 1. The molecule has 1 atom stereocenters. The van der Waals surface area contributed by atoms with Gasteiger partial charge in [-0.15, -0.1) is 0 Å². The SMILES string of the molecule is CC(NCCc1cc(F)cc(F)c1)c1ccccn1. The Morgan fingerprint density at radius 2 is 1.89 bits per heavy atom. The lowest BCUT2D eigenvalue weighted by Crippen LogP contribution is -2.22. The Labute approximate surface area is 111 Å². The molecule has 2 aromatic rings. The fourth-order valence-corrected chi connectivity index (χ4v) is 1.92. The van der Waals surface area contributed by atoms with E-state index in [1.54, 1.807) is 6.20 Å². The monoisotopic (exact) mass is 262 g/mol. The Hall–Kier alpha value is -1.81. The van der Waals surface area contributed by atoms with Crippen molar-refractivity contribution >= 4 is 0 Å². The molecule has 19 heavy (non-hydrogen) atoms. The first kappa shape index (κ1) is 13.6. The highest BCUT2D eigenvalue weighted by Gasteiger charge is 2.05. The van der Waals surface area contributed by atoms with Crippen LogP contribution in [-0.2, 0) is 6.42 Å². The highest BCUT2D eigenvalue weighted by atomic mass is 19.1. The number of hydrogen-bond donors (Lipinski definition) is 1. The van der Waals surface area contributed by atoms with Gasteiger partial charge in [-0.25, -0.2) is 8.78 Å². The summed E-state index contributed by atoms with van der Waals surface area (Å²) in [6.45, 7) is 2.65. The minimum Gasteiger partial charge on any atom is -0.309 e. The van der Waals surface area contributed by atoms with Crippen molar-refractivity contribution in [3.63, 3.8) is 0 Å². The smallest absolute Gasteiger partial charge is 0.126 e. The third kappa shape index (κ3) is 4.10. The topological polar surface area (TPSA) is 24.9 Å².